The van der Waals surface area contributed by atoms with Gasteiger partial charge in [-0.05, 0) is 30.8 Å². The maximum absolute atomic E-state index is 11.9. The number of anilines is 1. The van der Waals surface area contributed by atoms with E-state index < -0.39 is 11.6 Å². The predicted molar refractivity (Wildman–Crippen MR) is 98.6 cm³/mol. The molecule has 0 saturated carbocycles. The van der Waals surface area contributed by atoms with Gasteiger partial charge in [0.15, 0.2) is 4.77 Å². The Labute approximate surface area is 149 Å². The molecule has 0 fully saturated rings. The lowest BCUT2D eigenvalue weighted by Gasteiger charge is -2.10. The Balaban J connectivity index is 2.11. The zero-order valence-corrected chi connectivity index (χ0v) is 14.5. The molecule has 1 heterocycles. The normalized spacial score (nSPS) is 10.8. The van der Waals surface area contributed by atoms with Crippen LogP contribution in [0.5, 0.6) is 5.88 Å². The molecule has 1 aromatic heterocycles. The van der Waals surface area contributed by atoms with Crippen molar-refractivity contribution in [2.24, 2.45) is 5.10 Å². The molecule has 8 nitrogen and oxygen atoms in total. The monoisotopic (exact) mass is 361 g/mol. The van der Waals surface area contributed by atoms with Gasteiger partial charge in [0, 0.05) is 12.2 Å². The van der Waals surface area contributed by atoms with Gasteiger partial charge in [-0.25, -0.2) is 10.2 Å². The number of amides is 2. The lowest BCUT2D eigenvalue weighted by molar-refractivity contribution is 0.252. The second-order valence-electron chi connectivity index (χ2n) is 5.19. The minimum Gasteiger partial charge on any atom is -0.494 e. The fourth-order valence-corrected chi connectivity index (χ4v) is 2.32. The molecule has 132 valence electrons. The number of aromatic hydroxyl groups is 1. The van der Waals surface area contributed by atoms with Crippen molar-refractivity contribution in [1.82, 2.24) is 15.0 Å². The Bertz CT molecular complexity index is 874. The number of aromatic nitrogens is 2. The van der Waals surface area contributed by atoms with Gasteiger partial charge in [-0.15, -0.1) is 0 Å². The molecule has 0 aliphatic rings. The van der Waals surface area contributed by atoms with Crippen LogP contribution in [0.4, 0.5) is 10.5 Å². The van der Waals surface area contributed by atoms with Crippen LogP contribution in [0.3, 0.4) is 0 Å². The smallest absolute Gasteiger partial charge is 0.339 e. The van der Waals surface area contributed by atoms with Crippen LogP contribution in [-0.2, 0) is 6.54 Å². The van der Waals surface area contributed by atoms with Crippen LogP contribution in [0, 0.1) is 4.77 Å². The van der Waals surface area contributed by atoms with Crippen LogP contribution in [0.2, 0.25) is 0 Å². The van der Waals surface area contributed by atoms with Gasteiger partial charge in [0.1, 0.15) is 5.56 Å². The Morgan fingerprint density at radius 1 is 1.40 bits per heavy atom. The molecule has 0 bridgehead atoms. The standard InChI is InChI=1S/C16H19N5O3S/c1-2-3-9-21-14(23)12(13(22)19-16(21)25)10-17-20-15(24)18-11-7-5-4-6-8-11/h4-8,10,23H,2-3,9H2,1H3,(H2,18,20,24)(H,19,22,25)/b17-10+. The topological polar surface area (TPSA) is 112 Å². The van der Waals surface area contributed by atoms with E-state index in [1.807, 2.05) is 13.0 Å². The SMILES string of the molecule is CCCCn1c(O)c(/C=N/NC(=O)Nc2ccccc2)c(=O)[nH]c1=S. The summed E-state index contributed by atoms with van der Waals surface area (Å²) in [5, 5.41) is 16.5. The molecule has 4 N–H and O–H groups in total. The van der Waals surface area contributed by atoms with Crippen LogP contribution in [0.25, 0.3) is 0 Å². The summed E-state index contributed by atoms with van der Waals surface area (Å²) in [4.78, 5) is 26.1. The van der Waals surface area contributed by atoms with Crippen molar-refractivity contribution in [1.29, 1.82) is 0 Å². The maximum atomic E-state index is 11.9. The summed E-state index contributed by atoms with van der Waals surface area (Å²) in [5.41, 5.74) is 2.17. The Kier molecular flexibility index (Phi) is 6.47. The van der Waals surface area contributed by atoms with Gasteiger partial charge < -0.3 is 10.4 Å². The molecule has 2 amide bonds. The number of unbranched alkanes of at least 4 members (excludes halogenated alkanes) is 1. The van der Waals surface area contributed by atoms with Crippen LogP contribution < -0.4 is 16.3 Å². The number of nitrogens with one attached hydrogen (secondary N) is 3. The zero-order valence-electron chi connectivity index (χ0n) is 13.7. The number of hydrogen-bond acceptors (Lipinski definition) is 5. The summed E-state index contributed by atoms with van der Waals surface area (Å²) in [6.07, 6.45) is 2.78. The molecular weight excluding hydrogens is 342 g/mol. The highest BCUT2D eigenvalue weighted by atomic mass is 32.1. The van der Waals surface area contributed by atoms with Gasteiger partial charge in [0.05, 0.1) is 6.21 Å². The van der Waals surface area contributed by atoms with E-state index >= 15 is 0 Å². The second-order valence-corrected chi connectivity index (χ2v) is 5.58. The van der Waals surface area contributed by atoms with Crippen molar-refractivity contribution in [3.63, 3.8) is 0 Å². The molecular formula is C16H19N5O3S. The van der Waals surface area contributed by atoms with Gasteiger partial charge in [0.25, 0.3) is 5.56 Å². The summed E-state index contributed by atoms with van der Waals surface area (Å²) in [6, 6.07) is 8.26. The third-order valence-corrected chi connectivity index (χ3v) is 3.66. The van der Waals surface area contributed by atoms with E-state index in [1.54, 1.807) is 24.3 Å². The average molecular weight is 361 g/mol. The number of hydrazone groups is 1. The molecule has 0 spiro atoms. The van der Waals surface area contributed by atoms with E-state index in [0.717, 1.165) is 19.1 Å². The number of urea groups is 1. The van der Waals surface area contributed by atoms with Crippen LogP contribution in [-0.4, -0.2) is 26.9 Å². The quantitative estimate of drug-likeness (QED) is 0.360. The van der Waals surface area contributed by atoms with Crippen molar-refractivity contribution >= 4 is 30.2 Å². The van der Waals surface area contributed by atoms with Crippen LogP contribution in [0.1, 0.15) is 25.3 Å². The Morgan fingerprint density at radius 3 is 2.80 bits per heavy atom. The van der Waals surface area contributed by atoms with Crippen LogP contribution >= 0.6 is 12.2 Å². The van der Waals surface area contributed by atoms with Crippen molar-refractivity contribution in [2.45, 2.75) is 26.3 Å². The average Bonchev–Trinajstić information content (AvgIpc) is 2.58. The summed E-state index contributed by atoms with van der Waals surface area (Å²) in [7, 11) is 0. The largest absolute Gasteiger partial charge is 0.494 e. The first-order valence-electron chi connectivity index (χ1n) is 7.74. The molecule has 0 unspecified atom stereocenters. The van der Waals surface area contributed by atoms with Crippen molar-refractivity contribution in [3.8, 4) is 5.88 Å². The highest BCUT2D eigenvalue weighted by Crippen LogP contribution is 2.12. The number of para-hydroxylation sites is 1. The first kappa shape index (κ1) is 18.4. The van der Waals surface area contributed by atoms with E-state index in [1.165, 1.54) is 4.57 Å². The summed E-state index contributed by atoms with van der Waals surface area (Å²) in [6.45, 7) is 2.48. The number of hydrogen-bond donors (Lipinski definition) is 4. The van der Waals surface area contributed by atoms with Gasteiger partial charge in [-0.3, -0.25) is 14.3 Å². The van der Waals surface area contributed by atoms with Gasteiger partial charge in [-0.2, -0.15) is 5.10 Å². The maximum Gasteiger partial charge on any atom is 0.339 e. The molecule has 0 aliphatic carbocycles. The molecule has 0 saturated heterocycles. The number of aromatic amines is 1. The third kappa shape index (κ3) is 5.01. The number of H-pyrrole nitrogens is 1. The lowest BCUT2D eigenvalue weighted by atomic mass is 10.3. The van der Waals surface area contributed by atoms with Crippen molar-refractivity contribution in [3.05, 3.63) is 51.0 Å². The Hall–Kier alpha value is -2.94. The van der Waals surface area contributed by atoms with Crippen molar-refractivity contribution < 1.29 is 9.90 Å². The van der Waals surface area contributed by atoms with Gasteiger partial charge >= 0.3 is 6.03 Å². The third-order valence-electron chi connectivity index (χ3n) is 3.33. The summed E-state index contributed by atoms with van der Waals surface area (Å²) < 4.78 is 1.56. The zero-order chi connectivity index (χ0) is 18.2. The molecule has 2 aromatic rings. The highest BCUT2D eigenvalue weighted by molar-refractivity contribution is 7.71. The lowest BCUT2D eigenvalue weighted by Crippen LogP contribution is -2.25. The van der Waals surface area contributed by atoms with E-state index in [-0.39, 0.29) is 16.2 Å². The Morgan fingerprint density at radius 2 is 2.12 bits per heavy atom. The fourth-order valence-electron chi connectivity index (χ4n) is 2.05. The number of carbonyl (C=O) groups is 1. The van der Waals surface area contributed by atoms with Gasteiger partial charge in [0.2, 0.25) is 5.88 Å². The highest BCUT2D eigenvalue weighted by Gasteiger charge is 2.10. The van der Waals surface area contributed by atoms with Gasteiger partial charge in [-0.1, -0.05) is 31.5 Å². The fraction of sp³-hybridized carbons (Fsp3) is 0.250. The summed E-state index contributed by atoms with van der Waals surface area (Å²) >= 11 is 5.05. The molecule has 9 heteroatoms. The van der Waals surface area contributed by atoms with Crippen LogP contribution in [0.15, 0.2) is 40.2 Å². The van der Waals surface area contributed by atoms with E-state index in [0.29, 0.717) is 12.2 Å². The number of rotatable bonds is 6. The number of benzene rings is 1. The molecule has 0 aliphatic heterocycles. The number of carbonyl (C=O) groups excluding carboxylic acids is 1. The first-order valence-corrected chi connectivity index (χ1v) is 8.15. The van der Waals surface area contributed by atoms with E-state index in [4.69, 9.17) is 12.2 Å². The molecule has 0 radical (unpaired) electrons. The van der Waals surface area contributed by atoms with E-state index in [2.05, 4.69) is 20.8 Å². The minimum absolute atomic E-state index is 0.0790. The predicted octanol–water partition coefficient (Wildman–Crippen LogP) is 2.57. The summed E-state index contributed by atoms with van der Waals surface area (Å²) in [5.74, 6) is -0.281. The molecule has 25 heavy (non-hydrogen) atoms. The molecule has 1 aromatic carbocycles. The number of nitrogens with zero attached hydrogens (tertiary/aromatic N) is 2. The molecule has 2 rings (SSSR count). The second kappa shape index (κ2) is 8.78. The van der Waals surface area contributed by atoms with Crippen molar-refractivity contribution in [2.75, 3.05) is 5.32 Å². The molecule has 0 atom stereocenters. The first-order chi connectivity index (χ1) is 12.0. The van der Waals surface area contributed by atoms with E-state index in [9.17, 15) is 14.7 Å². The minimum atomic E-state index is -0.579.